The Morgan fingerprint density at radius 1 is 0.857 bits per heavy atom. The maximum Gasteiger partial charge on any atom is 0.244 e. The van der Waals surface area contributed by atoms with E-state index in [1.165, 1.54) is 5.56 Å². The molecule has 4 heteroatoms. The first-order valence-electron chi connectivity index (χ1n) is 9.33. The molecule has 1 amide bonds. The van der Waals surface area contributed by atoms with E-state index in [0.29, 0.717) is 10.8 Å². The van der Waals surface area contributed by atoms with Crippen molar-refractivity contribution in [3.63, 3.8) is 0 Å². The topological polar surface area (TPSA) is 51.1 Å². The minimum atomic E-state index is -0.126. The smallest absolute Gasteiger partial charge is 0.244 e. The van der Waals surface area contributed by atoms with Gasteiger partial charge in [0.05, 0.1) is 11.0 Å². The van der Waals surface area contributed by atoms with Gasteiger partial charge in [-0.1, -0.05) is 29.8 Å². The standard InChI is InChI=1S/C24H22N2O2/c1-15-8-11-22-20(12-15)24(28)19-6-4-5-7-21(19)26(22)14-23(27)25-18-10-9-16(2)17(3)13-18/h4-13H,14H2,1-3H3,(H,25,27). The Bertz CT molecular complexity index is 1290. The number of nitrogens with one attached hydrogen (secondary N) is 1. The van der Waals surface area contributed by atoms with Crippen LogP contribution in [0.3, 0.4) is 0 Å². The van der Waals surface area contributed by atoms with Crippen molar-refractivity contribution in [1.29, 1.82) is 0 Å². The van der Waals surface area contributed by atoms with Crippen LogP contribution in [-0.4, -0.2) is 10.5 Å². The van der Waals surface area contributed by atoms with E-state index in [9.17, 15) is 9.59 Å². The third kappa shape index (κ3) is 3.18. The fourth-order valence-corrected chi connectivity index (χ4v) is 3.58. The van der Waals surface area contributed by atoms with E-state index < -0.39 is 0 Å². The number of para-hydroxylation sites is 1. The molecule has 1 heterocycles. The second-order valence-corrected chi connectivity index (χ2v) is 7.30. The normalized spacial score (nSPS) is 11.1. The number of nitrogens with zero attached hydrogens (tertiary/aromatic N) is 1. The summed E-state index contributed by atoms with van der Waals surface area (Å²) in [6.45, 7) is 6.16. The summed E-state index contributed by atoms with van der Waals surface area (Å²) < 4.78 is 1.92. The van der Waals surface area contributed by atoms with Gasteiger partial charge in [0.15, 0.2) is 5.43 Å². The van der Waals surface area contributed by atoms with Crippen LogP contribution >= 0.6 is 0 Å². The molecule has 0 bridgehead atoms. The van der Waals surface area contributed by atoms with E-state index >= 15 is 0 Å². The molecule has 0 aliphatic rings. The minimum Gasteiger partial charge on any atom is -0.331 e. The van der Waals surface area contributed by atoms with Crippen LogP contribution in [0, 0.1) is 20.8 Å². The van der Waals surface area contributed by atoms with Crippen molar-refractivity contribution in [2.45, 2.75) is 27.3 Å². The molecule has 28 heavy (non-hydrogen) atoms. The van der Waals surface area contributed by atoms with Crippen LogP contribution in [0.5, 0.6) is 0 Å². The van der Waals surface area contributed by atoms with Gasteiger partial charge in [-0.25, -0.2) is 0 Å². The van der Waals surface area contributed by atoms with E-state index in [-0.39, 0.29) is 17.9 Å². The van der Waals surface area contributed by atoms with E-state index in [1.807, 2.05) is 86.0 Å². The highest BCUT2D eigenvalue weighted by molar-refractivity contribution is 5.97. The van der Waals surface area contributed by atoms with Crippen molar-refractivity contribution < 1.29 is 4.79 Å². The Morgan fingerprint density at radius 3 is 2.39 bits per heavy atom. The largest absolute Gasteiger partial charge is 0.331 e. The predicted molar refractivity (Wildman–Crippen MR) is 115 cm³/mol. The molecular formula is C24H22N2O2. The summed E-state index contributed by atoms with van der Waals surface area (Å²) >= 11 is 0. The van der Waals surface area contributed by atoms with Gasteiger partial charge in [0.25, 0.3) is 0 Å². The van der Waals surface area contributed by atoms with Gasteiger partial charge in [0, 0.05) is 16.5 Å². The number of rotatable bonds is 3. The number of carbonyl (C=O) groups is 1. The minimum absolute atomic E-state index is 0.000109. The molecule has 3 aromatic carbocycles. The van der Waals surface area contributed by atoms with Crippen LogP contribution in [0.15, 0.2) is 65.5 Å². The Kier molecular flexibility index (Phi) is 4.47. The lowest BCUT2D eigenvalue weighted by atomic mass is 10.1. The van der Waals surface area contributed by atoms with Crippen molar-refractivity contribution >= 4 is 33.4 Å². The number of hydrogen-bond donors (Lipinski definition) is 1. The third-order valence-corrected chi connectivity index (χ3v) is 5.22. The highest BCUT2D eigenvalue weighted by atomic mass is 16.2. The number of fused-ring (bicyclic) bond motifs is 2. The van der Waals surface area contributed by atoms with Crippen molar-refractivity contribution in [1.82, 2.24) is 4.57 Å². The van der Waals surface area contributed by atoms with Crippen LogP contribution in [0.2, 0.25) is 0 Å². The number of carbonyl (C=O) groups excluding carboxylic acids is 1. The highest BCUT2D eigenvalue weighted by Gasteiger charge is 2.13. The summed E-state index contributed by atoms with van der Waals surface area (Å²) in [7, 11) is 0. The van der Waals surface area contributed by atoms with Gasteiger partial charge in [0.1, 0.15) is 6.54 Å². The number of pyridine rings is 1. The maximum atomic E-state index is 12.9. The summed E-state index contributed by atoms with van der Waals surface area (Å²) in [5.74, 6) is -0.126. The van der Waals surface area contributed by atoms with Crippen LogP contribution in [0.1, 0.15) is 16.7 Å². The lowest BCUT2D eigenvalue weighted by Crippen LogP contribution is -2.21. The van der Waals surface area contributed by atoms with Crippen LogP contribution in [0.25, 0.3) is 21.8 Å². The highest BCUT2D eigenvalue weighted by Crippen LogP contribution is 2.21. The first kappa shape index (κ1) is 18.0. The molecule has 4 rings (SSSR count). The molecule has 1 aromatic heterocycles. The lowest BCUT2D eigenvalue weighted by Gasteiger charge is -2.16. The van der Waals surface area contributed by atoms with Gasteiger partial charge in [-0.2, -0.15) is 0 Å². The average Bonchev–Trinajstić information content (AvgIpc) is 2.68. The molecule has 0 saturated carbocycles. The zero-order valence-corrected chi connectivity index (χ0v) is 16.2. The van der Waals surface area contributed by atoms with Crippen molar-refractivity contribution in [2.75, 3.05) is 5.32 Å². The molecule has 140 valence electrons. The number of hydrogen-bond acceptors (Lipinski definition) is 2. The maximum absolute atomic E-state index is 12.9. The second kappa shape index (κ2) is 6.97. The predicted octanol–water partition coefficient (Wildman–Crippen LogP) is 4.72. The Hall–Kier alpha value is -3.40. The molecule has 0 unspecified atom stereocenters. The first-order valence-corrected chi connectivity index (χ1v) is 9.33. The molecule has 1 N–H and O–H groups in total. The molecule has 4 aromatic rings. The summed E-state index contributed by atoms with van der Waals surface area (Å²) in [4.78, 5) is 25.7. The average molecular weight is 370 g/mol. The molecule has 0 saturated heterocycles. The van der Waals surface area contributed by atoms with E-state index in [1.54, 1.807) is 0 Å². The van der Waals surface area contributed by atoms with Gasteiger partial charge in [-0.05, 0) is 68.3 Å². The second-order valence-electron chi connectivity index (χ2n) is 7.30. The van der Waals surface area contributed by atoms with E-state index in [2.05, 4.69) is 5.32 Å². The van der Waals surface area contributed by atoms with Gasteiger partial charge in [-0.3, -0.25) is 9.59 Å². The lowest BCUT2D eigenvalue weighted by molar-refractivity contribution is -0.116. The first-order chi connectivity index (χ1) is 13.4. The Balaban J connectivity index is 1.80. The quantitative estimate of drug-likeness (QED) is 0.531. The number of aromatic nitrogens is 1. The van der Waals surface area contributed by atoms with Crippen LogP contribution < -0.4 is 10.7 Å². The van der Waals surface area contributed by atoms with Gasteiger partial charge < -0.3 is 9.88 Å². The van der Waals surface area contributed by atoms with Crippen molar-refractivity contribution in [3.05, 3.63) is 87.6 Å². The molecule has 0 atom stereocenters. The van der Waals surface area contributed by atoms with Crippen LogP contribution in [-0.2, 0) is 11.3 Å². The molecule has 0 fully saturated rings. The van der Waals surface area contributed by atoms with Gasteiger partial charge in [-0.15, -0.1) is 0 Å². The molecule has 0 aliphatic carbocycles. The number of aryl methyl sites for hydroxylation is 3. The summed E-state index contributed by atoms with van der Waals surface area (Å²) in [5, 5.41) is 4.24. The molecule has 0 spiro atoms. The summed E-state index contributed by atoms with van der Waals surface area (Å²) in [5.41, 5.74) is 5.65. The van der Waals surface area contributed by atoms with E-state index in [0.717, 1.165) is 27.8 Å². The van der Waals surface area contributed by atoms with Crippen molar-refractivity contribution in [2.24, 2.45) is 0 Å². The molecular weight excluding hydrogens is 348 g/mol. The third-order valence-electron chi connectivity index (χ3n) is 5.22. The fraction of sp³-hybridized carbons (Fsp3) is 0.167. The molecule has 0 aliphatic heterocycles. The number of anilines is 1. The zero-order valence-electron chi connectivity index (χ0n) is 16.2. The Morgan fingerprint density at radius 2 is 1.61 bits per heavy atom. The molecule has 4 nitrogen and oxygen atoms in total. The number of benzene rings is 3. The van der Waals surface area contributed by atoms with E-state index in [4.69, 9.17) is 0 Å². The monoisotopic (exact) mass is 370 g/mol. The summed E-state index contributed by atoms with van der Waals surface area (Å²) in [6, 6.07) is 19.1. The zero-order chi connectivity index (χ0) is 19.8. The SMILES string of the molecule is Cc1ccc2c(c1)c(=O)c1ccccc1n2CC(=O)Nc1ccc(C)c(C)c1. The number of amides is 1. The van der Waals surface area contributed by atoms with Gasteiger partial charge >= 0.3 is 0 Å². The molecule has 0 radical (unpaired) electrons. The van der Waals surface area contributed by atoms with Crippen LogP contribution in [0.4, 0.5) is 5.69 Å². The fourth-order valence-electron chi connectivity index (χ4n) is 3.58. The summed E-state index contributed by atoms with van der Waals surface area (Å²) in [6.07, 6.45) is 0. The Labute approximate surface area is 163 Å². The van der Waals surface area contributed by atoms with Crippen molar-refractivity contribution in [3.8, 4) is 0 Å². The van der Waals surface area contributed by atoms with Gasteiger partial charge in [0.2, 0.25) is 5.91 Å².